The molecular weight excluding hydrogens is 242 g/mol. The van der Waals surface area contributed by atoms with Crippen LogP contribution in [0.5, 0.6) is 0 Å². The minimum Gasteiger partial charge on any atom is -0.478 e. The molecule has 0 saturated carbocycles. The van der Waals surface area contributed by atoms with E-state index >= 15 is 0 Å². The lowest BCUT2D eigenvalue weighted by Crippen LogP contribution is -2.03. The van der Waals surface area contributed by atoms with E-state index in [1.54, 1.807) is 0 Å². The second kappa shape index (κ2) is 4.20. The zero-order valence-electron chi connectivity index (χ0n) is 10.2. The maximum absolute atomic E-state index is 10.8. The van der Waals surface area contributed by atoms with Gasteiger partial charge in [0.25, 0.3) is 0 Å². The Kier molecular flexibility index (Phi) is 2.52. The van der Waals surface area contributed by atoms with Gasteiger partial charge in [-0.2, -0.15) is 0 Å². The molecule has 0 aliphatic rings. The molecule has 0 radical (unpaired) electrons. The van der Waals surface area contributed by atoms with Crippen molar-refractivity contribution in [2.24, 2.45) is 0 Å². The number of aryl methyl sites for hydroxylation is 1. The molecule has 0 saturated heterocycles. The molecule has 3 rings (SSSR count). The predicted octanol–water partition coefficient (Wildman–Crippen LogP) is 2.43. The molecule has 0 aliphatic carbocycles. The van der Waals surface area contributed by atoms with Crippen molar-refractivity contribution in [2.45, 2.75) is 6.92 Å². The third-order valence-electron chi connectivity index (χ3n) is 3.01. The van der Waals surface area contributed by atoms with Crippen molar-refractivity contribution in [3.63, 3.8) is 0 Å². The Morgan fingerprint density at radius 1 is 1.21 bits per heavy atom. The van der Waals surface area contributed by atoms with Crippen molar-refractivity contribution in [2.75, 3.05) is 0 Å². The van der Waals surface area contributed by atoms with Crippen LogP contribution in [0.2, 0.25) is 0 Å². The van der Waals surface area contributed by atoms with Gasteiger partial charge in [-0.3, -0.25) is 4.57 Å². The van der Waals surface area contributed by atoms with Crippen molar-refractivity contribution in [1.82, 2.24) is 14.5 Å². The summed E-state index contributed by atoms with van der Waals surface area (Å²) in [6.07, 6.45) is 4.57. The SMILES string of the molecule is Cc1cn(-c2ncc(C(=O)O)cn2)c2ccccc12. The summed E-state index contributed by atoms with van der Waals surface area (Å²) in [5.41, 5.74) is 2.21. The summed E-state index contributed by atoms with van der Waals surface area (Å²) in [6, 6.07) is 7.95. The third-order valence-corrected chi connectivity index (χ3v) is 3.01. The molecule has 3 aromatic rings. The van der Waals surface area contributed by atoms with Crippen LogP contribution in [-0.4, -0.2) is 25.6 Å². The van der Waals surface area contributed by atoms with Crippen molar-refractivity contribution < 1.29 is 9.90 Å². The van der Waals surface area contributed by atoms with Crippen LogP contribution in [0.1, 0.15) is 15.9 Å². The van der Waals surface area contributed by atoms with Crippen LogP contribution in [0.15, 0.2) is 42.9 Å². The van der Waals surface area contributed by atoms with E-state index in [2.05, 4.69) is 9.97 Å². The molecule has 2 aromatic heterocycles. The second-order valence-corrected chi connectivity index (χ2v) is 4.28. The summed E-state index contributed by atoms with van der Waals surface area (Å²) in [5.74, 6) is -0.561. The predicted molar refractivity (Wildman–Crippen MR) is 70.6 cm³/mol. The minimum absolute atomic E-state index is 0.0805. The van der Waals surface area contributed by atoms with Gasteiger partial charge >= 0.3 is 5.97 Å². The number of carbonyl (C=O) groups is 1. The highest BCUT2D eigenvalue weighted by Gasteiger charge is 2.09. The number of fused-ring (bicyclic) bond motifs is 1. The summed E-state index contributed by atoms with van der Waals surface area (Å²) in [5, 5.41) is 9.97. The first-order valence-electron chi connectivity index (χ1n) is 5.79. The van der Waals surface area contributed by atoms with E-state index in [4.69, 9.17) is 5.11 Å². The lowest BCUT2D eigenvalue weighted by atomic mass is 10.2. The largest absolute Gasteiger partial charge is 0.478 e. The highest BCUT2D eigenvalue weighted by molar-refractivity contribution is 5.87. The van der Waals surface area contributed by atoms with Crippen molar-refractivity contribution in [3.05, 3.63) is 54.0 Å². The molecule has 94 valence electrons. The number of aromatic carboxylic acids is 1. The van der Waals surface area contributed by atoms with E-state index in [9.17, 15) is 4.79 Å². The average Bonchev–Trinajstić information content (AvgIpc) is 2.77. The van der Waals surface area contributed by atoms with Gasteiger partial charge in [0.15, 0.2) is 0 Å². The molecular formula is C14H11N3O2. The van der Waals surface area contributed by atoms with Gasteiger partial charge in [-0.05, 0) is 18.6 Å². The highest BCUT2D eigenvalue weighted by Crippen LogP contribution is 2.22. The van der Waals surface area contributed by atoms with E-state index in [0.717, 1.165) is 16.5 Å². The molecule has 5 nitrogen and oxygen atoms in total. The van der Waals surface area contributed by atoms with Gasteiger partial charge in [-0.25, -0.2) is 14.8 Å². The molecule has 0 bridgehead atoms. The Hall–Kier alpha value is -2.69. The fourth-order valence-electron chi connectivity index (χ4n) is 2.07. The number of benzene rings is 1. The Balaban J connectivity index is 2.16. The highest BCUT2D eigenvalue weighted by atomic mass is 16.4. The fraction of sp³-hybridized carbons (Fsp3) is 0.0714. The lowest BCUT2D eigenvalue weighted by Gasteiger charge is -2.03. The molecule has 5 heteroatoms. The van der Waals surface area contributed by atoms with E-state index in [1.165, 1.54) is 12.4 Å². The van der Waals surface area contributed by atoms with Gasteiger partial charge in [-0.15, -0.1) is 0 Å². The van der Waals surface area contributed by atoms with E-state index in [1.807, 2.05) is 42.0 Å². The first-order chi connectivity index (χ1) is 9.16. The molecule has 0 atom stereocenters. The van der Waals surface area contributed by atoms with Gasteiger partial charge in [0.05, 0.1) is 11.1 Å². The number of para-hydroxylation sites is 1. The maximum Gasteiger partial charge on any atom is 0.338 e. The Bertz CT molecular complexity index is 760. The number of hydrogen-bond donors (Lipinski definition) is 1. The van der Waals surface area contributed by atoms with Gasteiger partial charge in [-0.1, -0.05) is 18.2 Å². The van der Waals surface area contributed by atoms with E-state index in [-0.39, 0.29) is 5.56 Å². The number of nitrogens with zero attached hydrogens (tertiary/aromatic N) is 3. The molecule has 0 spiro atoms. The van der Waals surface area contributed by atoms with Crippen LogP contribution in [0.4, 0.5) is 0 Å². The topological polar surface area (TPSA) is 68.0 Å². The van der Waals surface area contributed by atoms with Gasteiger partial charge in [0.1, 0.15) is 0 Å². The number of rotatable bonds is 2. The fourth-order valence-corrected chi connectivity index (χ4v) is 2.07. The smallest absolute Gasteiger partial charge is 0.338 e. The monoisotopic (exact) mass is 253 g/mol. The van der Waals surface area contributed by atoms with E-state index in [0.29, 0.717) is 5.95 Å². The van der Waals surface area contributed by atoms with Crippen LogP contribution in [0, 0.1) is 6.92 Å². The number of carboxylic acid groups (broad SMARTS) is 1. The maximum atomic E-state index is 10.8. The second-order valence-electron chi connectivity index (χ2n) is 4.28. The summed E-state index contributed by atoms with van der Waals surface area (Å²) in [6.45, 7) is 2.02. The van der Waals surface area contributed by atoms with Crippen molar-refractivity contribution in [1.29, 1.82) is 0 Å². The quantitative estimate of drug-likeness (QED) is 0.761. The molecule has 0 fully saturated rings. The van der Waals surface area contributed by atoms with Gasteiger partial charge in [0, 0.05) is 24.0 Å². The number of carboxylic acids is 1. The first-order valence-corrected chi connectivity index (χ1v) is 5.79. The molecule has 2 heterocycles. The molecule has 0 amide bonds. The minimum atomic E-state index is -1.03. The third kappa shape index (κ3) is 1.85. The molecule has 0 aliphatic heterocycles. The van der Waals surface area contributed by atoms with Crippen molar-refractivity contribution >= 4 is 16.9 Å². The van der Waals surface area contributed by atoms with Crippen LogP contribution < -0.4 is 0 Å². The molecule has 19 heavy (non-hydrogen) atoms. The summed E-state index contributed by atoms with van der Waals surface area (Å²) >= 11 is 0. The lowest BCUT2D eigenvalue weighted by molar-refractivity contribution is 0.0696. The first kappa shape index (κ1) is 11.4. The normalized spacial score (nSPS) is 10.8. The van der Waals surface area contributed by atoms with Crippen LogP contribution in [-0.2, 0) is 0 Å². The molecule has 0 unspecified atom stereocenters. The Morgan fingerprint density at radius 3 is 2.58 bits per heavy atom. The summed E-state index contributed by atoms with van der Waals surface area (Å²) in [7, 11) is 0. The zero-order chi connectivity index (χ0) is 13.4. The Labute approximate surface area is 109 Å². The molecule has 1 N–H and O–H groups in total. The van der Waals surface area contributed by atoms with E-state index < -0.39 is 5.97 Å². The average molecular weight is 253 g/mol. The summed E-state index contributed by atoms with van der Waals surface area (Å²) in [4.78, 5) is 19.0. The van der Waals surface area contributed by atoms with Crippen LogP contribution in [0.25, 0.3) is 16.9 Å². The summed E-state index contributed by atoms with van der Waals surface area (Å²) < 4.78 is 1.86. The van der Waals surface area contributed by atoms with Gasteiger partial charge in [0.2, 0.25) is 5.95 Å². The van der Waals surface area contributed by atoms with Crippen molar-refractivity contribution in [3.8, 4) is 5.95 Å². The number of aromatic nitrogens is 3. The van der Waals surface area contributed by atoms with Gasteiger partial charge < -0.3 is 5.11 Å². The zero-order valence-corrected chi connectivity index (χ0v) is 10.2. The van der Waals surface area contributed by atoms with Crippen LogP contribution in [0.3, 0.4) is 0 Å². The van der Waals surface area contributed by atoms with Crippen LogP contribution >= 0.6 is 0 Å². The number of hydrogen-bond acceptors (Lipinski definition) is 3. The Morgan fingerprint density at radius 2 is 1.89 bits per heavy atom. The standard InChI is InChI=1S/C14H11N3O2/c1-9-8-17(12-5-3-2-4-11(9)12)14-15-6-10(7-16-14)13(18)19/h2-8H,1H3,(H,18,19). The molecule has 1 aromatic carbocycles.